The van der Waals surface area contributed by atoms with Crippen LogP contribution in [-0.4, -0.2) is 19.7 Å². The van der Waals surface area contributed by atoms with E-state index in [1.54, 1.807) is 0 Å². The number of aromatic nitrogens is 3. The second-order valence-electron chi connectivity index (χ2n) is 3.23. The van der Waals surface area contributed by atoms with Gasteiger partial charge >= 0.3 is 0 Å². The molecule has 0 atom stereocenters. The molecule has 0 aliphatic carbocycles. The Hall–Kier alpha value is -2.17. The lowest BCUT2D eigenvalue weighted by Gasteiger charge is -2.02. The molecule has 1 aromatic carbocycles. The number of rotatable bonds is 0. The van der Waals surface area contributed by atoms with Crippen molar-refractivity contribution >= 4 is 16.4 Å². The van der Waals surface area contributed by atoms with Crippen molar-refractivity contribution in [3.63, 3.8) is 0 Å². The second-order valence-corrected chi connectivity index (χ2v) is 3.23. The molecular formula is C10H6FN3O. The fourth-order valence-electron chi connectivity index (χ4n) is 1.65. The van der Waals surface area contributed by atoms with E-state index in [0.717, 1.165) is 0 Å². The highest BCUT2D eigenvalue weighted by Crippen LogP contribution is 2.27. The monoisotopic (exact) mass is 203 g/mol. The van der Waals surface area contributed by atoms with Crippen LogP contribution in [0.1, 0.15) is 0 Å². The average Bonchev–Trinajstić information content (AvgIpc) is 2.65. The molecule has 4 nitrogen and oxygen atoms in total. The van der Waals surface area contributed by atoms with E-state index in [9.17, 15) is 9.50 Å². The highest BCUT2D eigenvalue weighted by molar-refractivity contribution is 5.97. The van der Waals surface area contributed by atoms with Crippen LogP contribution in [0.2, 0.25) is 0 Å². The molecule has 0 bridgehead atoms. The molecule has 2 heterocycles. The van der Waals surface area contributed by atoms with Crippen LogP contribution in [-0.2, 0) is 0 Å². The molecule has 0 unspecified atom stereocenters. The van der Waals surface area contributed by atoms with Crippen LogP contribution in [0.4, 0.5) is 4.39 Å². The van der Waals surface area contributed by atoms with Gasteiger partial charge in [0.1, 0.15) is 17.9 Å². The molecule has 1 N–H and O–H groups in total. The Morgan fingerprint density at radius 2 is 2.13 bits per heavy atom. The normalized spacial score (nSPS) is 11.3. The molecule has 5 heteroatoms. The Morgan fingerprint density at radius 1 is 1.27 bits per heavy atom. The van der Waals surface area contributed by atoms with Crippen LogP contribution in [0.15, 0.2) is 30.7 Å². The van der Waals surface area contributed by atoms with E-state index in [2.05, 4.69) is 10.1 Å². The van der Waals surface area contributed by atoms with E-state index in [1.165, 1.54) is 35.2 Å². The smallest absolute Gasteiger partial charge is 0.163 e. The van der Waals surface area contributed by atoms with Gasteiger partial charge in [-0.1, -0.05) is 0 Å². The number of benzene rings is 1. The fourth-order valence-corrected chi connectivity index (χ4v) is 1.65. The third kappa shape index (κ3) is 1.06. The maximum absolute atomic E-state index is 13.1. The van der Waals surface area contributed by atoms with Gasteiger partial charge in [-0.2, -0.15) is 5.10 Å². The Bertz CT molecular complexity index is 662. The number of hydrogen-bond acceptors (Lipinski definition) is 3. The third-order valence-electron chi connectivity index (χ3n) is 2.32. The first kappa shape index (κ1) is 8.16. The average molecular weight is 203 g/mol. The van der Waals surface area contributed by atoms with Crippen LogP contribution in [0, 0.1) is 5.82 Å². The van der Waals surface area contributed by atoms with Crippen LogP contribution < -0.4 is 0 Å². The van der Waals surface area contributed by atoms with Crippen molar-refractivity contribution in [1.82, 2.24) is 14.6 Å². The van der Waals surface area contributed by atoms with Crippen LogP contribution in [0.3, 0.4) is 0 Å². The van der Waals surface area contributed by atoms with E-state index in [4.69, 9.17) is 0 Å². The molecule has 0 radical (unpaired) electrons. The lowest BCUT2D eigenvalue weighted by atomic mass is 10.1. The molecule has 0 saturated carbocycles. The molecule has 0 fully saturated rings. The zero-order valence-corrected chi connectivity index (χ0v) is 7.55. The maximum Gasteiger partial charge on any atom is 0.163 e. The number of fused-ring (bicyclic) bond motifs is 3. The van der Waals surface area contributed by atoms with E-state index < -0.39 is 0 Å². The van der Waals surface area contributed by atoms with Gasteiger partial charge in [-0.05, 0) is 18.2 Å². The van der Waals surface area contributed by atoms with Gasteiger partial charge in [-0.15, -0.1) is 0 Å². The van der Waals surface area contributed by atoms with E-state index in [0.29, 0.717) is 16.4 Å². The number of nitrogens with zero attached hydrogens (tertiary/aromatic N) is 3. The van der Waals surface area contributed by atoms with Crippen molar-refractivity contribution in [3.8, 4) is 5.75 Å². The van der Waals surface area contributed by atoms with Gasteiger partial charge in [0.25, 0.3) is 0 Å². The molecule has 0 spiro atoms. The van der Waals surface area contributed by atoms with Crippen molar-refractivity contribution in [2.45, 2.75) is 0 Å². The predicted octanol–water partition coefficient (Wildman–Crippen LogP) is 1.73. The number of aromatic hydroxyl groups is 1. The summed E-state index contributed by atoms with van der Waals surface area (Å²) in [5.41, 5.74) is 0.530. The Labute approximate surface area is 83.6 Å². The fraction of sp³-hybridized carbons (Fsp3) is 0. The highest BCUT2D eigenvalue weighted by atomic mass is 19.1. The van der Waals surface area contributed by atoms with Gasteiger partial charge in [0.05, 0.1) is 6.20 Å². The van der Waals surface area contributed by atoms with E-state index in [1.807, 2.05) is 0 Å². The number of hydrogen-bond donors (Lipinski definition) is 1. The SMILES string of the molecule is Oc1cn2ncnc2c2cc(F)ccc12. The summed E-state index contributed by atoms with van der Waals surface area (Å²) in [7, 11) is 0. The summed E-state index contributed by atoms with van der Waals surface area (Å²) in [6, 6.07) is 4.16. The van der Waals surface area contributed by atoms with Gasteiger partial charge in [-0.25, -0.2) is 13.9 Å². The van der Waals surface area contributed by atoms with Gasteiger partial charge in [0, 0.05) is 10.8 Å². The number of pyridine rings is 1. The second kappa shape index (κ2) is 2.66. The molecule has 0 aliphatic rings. The summed E-state index contributed by atoms with van der Waals surface area (Å²) >= 11 is 0. The predicted molar refractivity (Wildman–Crippen MR) is 52.1 cm³/mol. The summed E-state index contributed by atoms with van der Waals surface area (Å²) in [5, 5.41) is 14.7. The minimum atomic E-state index is -0.363. The van der Waals surface area contributed by atoms with Crippen molar-refractivity contribution in [1.29, 1.82) is 0 Å². The summed E-state index contributed by atoms with van der Waals surface area (Å²) in [4.78, 5) is 4.00. The molecule has 0 amide bonds. The molecule has 3 rings (SSSR count). The lowest BCUT2D eigenvalue weighted by Crippen LogP contribution is -1.89. The van der Waals surface area contributed by atoms with Gasteiger partial charge < -0.3 is 5.11 Å². The maximum atomic E-state index is 13.1. The number of halogens is 1. The van der Waals surface area contributed by atoms with E-state index in [-0.39, 0.29) is 11.6 Å². The first-order valence-corrected chi connectivity index (χ1v) is 4.36. The first-order chi connectivity index (χ1) is 7.25. The van der Waals surface area contributed by atoms with Gasteiger partial charge in [-0.3, -0.25) is 0 Å². The Kier molecular flexibility index (Phi) is 1.45. The Balaban J connectivity index is 2.63. The molecule has 2 aromatic heterocycles. The van der Waals surface area contributed by atoms with Crippen molar-refractivity contribution in [3.05, 3.63) is 36.5 Å². The molecule has 3 aromatic rings. The van der Waals surface area contributed by atoms with Crippen molar-refractivity contribution in [2.75, 3.05) is 0 Å². The van der Waals surface area contributed by atoms with Crippen molar-refractivity contribution in [2.24, 2.45) is 0 Å². The minimum Gasteiger partial charge on any atom is -0.506 e. The quantitative estimate of drug-likeness (QED) is 0.605. The largest absolute Gasteiger partial charge is 0.506 e. The van der Waals surface area contributed by atoms with Crippen LogP contribution in [0.25, 0.3) is 16.4 Å². The van der Waals surface area contributed by atoms with Crippen molar-refractivity contribution < 1.29 is 9.50 Å². The summed E-state index contributed by atoms with van der Waals surface area (Å²) in [6.07, 6.45) is 2.81. The minimum absolute atomic E-state index is 0.0583. The Morgan fingerprint density at radius 3 is 3.00 bits per heavy atom. The molecule has 74 valence electrons. The molecule has 15 heavy (non-hydrogen) atoms. The zero-order chi connectivity index (χ0) is 10.4. The topological polar surface area (TPSA) is 50.4 Å². The van der Waals surface area contributed by atoms with Crippen LogP contribution in [0.5, 0.6) is 5.75 Å². The van der Waals surface area contributed by atoms with Gasteiger partial charge in [0.2, 0.25) is 0 Å². The summed E-state index contributed by atoms with van der Waals surface area (Å²) in [6.45, 7) is 0. The molecular weight excluding hydrogens is 197 g/mol. The summed E-state index contributed by atoms with van der Waals surface area (Å²) in [5.74, 6) is -0.305. The first-order valence-electron chi connectivity index (χ1n) is 4.36. The van der Waals surface area contributed by atoms with Crippen LogP contribution >= 0.6 is 0 Å². The van der Waals surface area contributed by atoms with E-state index >= 15 is 0 Å². The van der Waals surface area contributed by atoms with Gasteiger partial charge in [0.15, 0.2) is 5.65 Å². The lowest BCUT2D eigenvalue weighted by molar-refractivity contribution is 0.477. The third-order valence-corrected chi connectivity index (χ3v) is 2.32. The molecule has 0 aliphatic heterocycles. The zero-order valence-electron chi connectivity index (χ0n) is 7.55. The highest BCUT2D eigenvalue weighted by Gasteiger charge is 2.08. The summed E-state index contributed by atoms with van der Waals surface area (Å²) < 4.78 is 14.5. The molecule has 0 saturated heterocycles. The standard InChI is InChI=1S/C10H6FN3O/c11-6-1-2-7-8(3-6)10-12-5-13-14(10)4-9(7)15/h1-5,15H.